The highest BCUT2D eigenvalue weighted by molar-refractivity contribution is 6.31. The molecule has 0 aliphatic carbocycles. The van der Waals surface area contributed by atoms with Crippen molar-refractivity contribution in [2.45, 2.75) is 12.8 Å². The van der Waals surface area contributed by atoms with Crippen molar-refractivity contribution in [1.82, 2.24) is 10.0 Å². The first kappa shape index (κ1) is 16.0. The number of hydrogen-bond acceptors (Lipinski definition) is 5. The average molecular weight is 313 g/mol. The fraction of sp³-hybridized carbons (Fsp3) is 0.222. The summed E-state index contributed by atoms with van der Waals surface area (Å²) in [6.07, 6.45) is -3.45. The third kappa shape index (κ3) is 4.24. The van der Waals surface area contributed by atoms with Gasteiger partial charge in [0.25, 0.3) is 0 Å². The summed E-state index contributed by atoms with van der Waals surface area (Å²) in [6, 6.07) is -0.437. The highest BCUT2D eigenvalue weighted by Gasteiger charge is 2.31. The summed E-state index contributed by atoms with van der Waals surface area (Å²) in [7, 11) is 0. The number of halogens is 4. The van der Waals surface area contributed by atoms with E-state index >= 15 is 0 Å². The fourth-order valence-electron chi connectivity index (χ4n) is 1.06. The first-order chi connectivity index (χ1) is 9.25. The quantitative estimate of drug-likeness (QED) is 0.384. The Kier molecular flexibility index (Phi) is 5.11. The number of aromatic nitrogens is 1. The van der Waals surface area contributed by atoms with Gasteiger partial charge in [-0.1, -0.05) is 16.8 Å². The molecule has 0 fully saturated rings. The number of amides is 2. The van der Waals surface area contributed by atoms with Crippen LogP contribution in [0.1, 0.15) is 11.3 Å². The van der Waals surface area contributed by atoms with Gasteiger partial charge in [0, 0.05) is 6.20 Å². The van der Waals surface area contributed by atoms with Crippen LogP contribution in [0, 0.1) is 0 Å². The summed E-state index contributed by atoms with van der Waals surface area (Å²) >= 11 is 5.62. The van der Waals surface area contributed by atoms with E-state index in [0.717, 1.165) is 0 Å². The first-order valence-corrected chi connectivity index (χ1v) is 5.24. The second-order valence-corrected chi connectivity index (χ2v) is 3.73. The molecule has 1 heterocycles. The summed E-state index contributed by atoms with van der Waals surface area (Å²) in [5, 5.41) is 10.8. The Morgan fingerprint density at radius 3 is 2.75 bits per heavy atom. The fourth-order valence-corrected chi connectivity index (χ4v) is 1.28. The standard InChI is InChI=1S/C9H8ClF3N4O3/c10-6-1-5(9(11,12)13)2-15-7(6)3-20-17(4-16-19)8(14)18/h1-2,4,19H,3H2,(H2,14,18)/b16-4-. The lowest BCUT2D eigenvalue weighted by Gasteiger charge is -2.14. The van der Waals surface area contributed by atoms with Crippen LogP contribution in [0.5, 0.6) is 0 Å². The molecule has 0 saturated carbocycles. The Bertz CT molecular complexity index is 524. The van der Waals surface area contributed by atoms with Gasteiger partial charge in [0.1, 0.15) is 6.61 Å². The lowest BCUT2D eigenvalue weighted by molar-refractivity contribution is -0.137. The second kappa shape index (κ2) is 6.39. The van der Waals surface area contributed by atoms with Crippen LogP contribution in [0.3, 0.4) is 0 Å². The Morgan fingerprint density at radius 1 is 1.65 bits per heavy atom. The molecule has 0 spiro atoms. The Balaban J connectivity index is 2.81. The number of alkyl halides is 3. The molecule has 20 heavy (non-hydrogen) atoms. The minimum absolute atomic E-state index is 0.0581. The molecule has 0 aromatic carbocycles. The zero-order valence-electron chi connectivity index (χ0n) is 9.63. The highest BCUT2D eigenvalue weighted by Crippen LogP contribution is 2.31. The van der Waals surface area contributed by atoms with Gasteiger partial charge in [-0.3, -0.25) is 9.82 Å². The molecular formula is C9H8ClF3N4O3. The third-order valence-electron chi connectivity index (χ3n) is 1.96. The third-order valence-corrected chi connectivity index (χ3v) is 2.29. The number of carbonyl (C=O) groups excluding carboxylic acids is 1. The maximum absolute atomic E-state index is 12.4. The minimum Gasteiger partial charge on any atom is -0.410 e. The molecule has 0 bridgehead atoms. The van der Waals surface area contributed by atoms with Crippen LogP contribution in [0.4, 0.5) is 18.0 Å². The van der Waals surface area contributed by atoms with Crippen molar-refractivity contribution in [2.75, 3.05) is 0 Å². The van der Waals surface area contributed by atoms with E-state index < -0.39 is 24.4 Å². The van der Waals surface area contributed by atoms with Gasteiger partial charge < -0.3 is 10.9 Å². The zero-order chi connectivity index (χ0) is 15.3. The van der Waals surface area contributed by atoms with Crippen LogP contribution in [0.2, 0.25) is 5.02 Å². The zero-order valence-corrected chi connectivity index (χ0v) is 10.4. The number of pyridine rings is 1. The molecular weight excluding hydrogens is 305 g/mol. The molecule has 0 atom stereocenters. The van der Waals surface area contributed by atoms with Gasteiger partial charge in [0.05, 0.1) is 16.3 Å². The van der Waals surface area contributed by atoms with E-state index in [-0.39, 0.29) is 10.7 Å². The summed E-state index contributed by atoms with van der Waals surface area (Å²) in [6.45, 7) is -0.452. The number of nitrogens with zero attached hydrogens (tertiary/aromatic N) is 3. The molecule has 110 valence electrons. The van der Waals surface area contributed by atoms with E-state index in [4.69, 9.17) is 27.4 Å². The lowest BCUT2D eigenvalue weighted by Crippen LogP contribution is -2.34. The van der Waals surface area contributed by atoms with Gasteiger partial charge in [-0.25, -0.2) is 4.79 Å². The van der Waals surface area contributed by atoms with Crippen molar-refractivity contribution >= 4 is 24.0 Å². The maximum Gasteiger partial charge on any atom is 0.417 e. The molecule has 0 saturated heterocycles. The van der Waals surface area contributed by atoms with E-state index in [0.29, 0.717) is 23.7 Å². The second-order valence-electron chi connectivity index (χ2n) is 3.32. The molecule has 11 heteroatoms. The maximum atomic E-state index is 12.4. The normalized spacial score (nSPS) is 11.8. The number of hydroxylamine groups is 2. The predicted molar refractivity (Wildman–Crippen MR) is 60.7 cm³/mol. The van der Waals surface area contributed by atoms with E-state index in [1.54, 1.807) is 0 Å². The van der Waals surface area contributed by atoms with E-state index in [9.17, 15) is 18.0 Å². The molecule has 7 nitrogen and oxygen atoms in total. The molecule has 1 aromatic rings. The van der Waals surface area contributed by atoms with Crippen molar-refractivity contribution in [3.05, 3.63) is 28.5 Å². The van der Waals surface area contributed by atoms with Crippen molar-refractivity contribution in [1.29, 1.82) is 0 Å². The molecule has 0 aliphatic rings. The summed E-state index contributed by atoms with van der Waals surface area (Å²) in [5.41, 5.74) is 3.79. The van der Waals surface area contributed by atoms with Gasteiger partial charge in [-0.2, -0.15) is 18.2 Å². The minimum atomic E-state index is -4.57. The first-order valence-electron chi connectivity index (χ1n) is 4.86. The lowest BCUT2D eigenvalue weighted by atomic mass is 10.2. The van der Waals surface area contributed by atoms with Crippen LogP contribution in [-0.4, -0.2) is 27.6 Å². The predicted octanol–water partition coefficient (Wildman–Crippen LogP) is 1.98. The molecule has 2 amide bonds. The number of urea groups is 1. The SMILES string of the molecule is NC(=O)N(/C=N\O)OCc1ncc(C(F)(F)F)cc1Cl. The monoisotopic (exact) mass is 312 g/mol. The number of oxime groups is 1. The van der Waals surface area contributed by atoms with Crippen LogP contribution < -0.4 is 5.73 Å². The molecule has 1 aromatic heterocycles. The largest absolute Gasteiger partial charge is 0.417 e. The van der Waals surface area contributed by atoms with Crippen LogP contribution in [-0.2, 0) is 17.6 Å². The Hall–Kier alpha value is -2.07. The molecule has 0 radical (unpaired) electrons. The summed E-state index contributed by atoms with van der Waals surface area (Å²) < 4.78 is 37.1. The smallest absolute Gasteiger partial charge is 0.410 e. The number of hydrogen-bond donors (Lipinski definition) is 2. The van der Waals surface area contributed by atoms with E-state index in [1.807, 2.05) is 0 Å². The van der Waals surface area contributed by atoms with E-state index in [2.05, 4.69) is 10.1 Å². The van der Waals surface area contributed by atoms with Crippen molar-refractivity contribution in [3.63, 3.8) is 0 Å². The number of primary amides is 1. The van der Waals surface area contributed by atoms with Gasteiger partial charge >= 0.3 is 12.2 Å². The van der Waals surface area contributed by atoms with Crippen molar-refractivity contribution < 1.29 is 28.0 Å². The highest BCUT2D eigenvalue weighted by atomic mass is 35.5. The molecule has 0 unspecified atom stereocenters. The number of carbonyl (C=O) groups is 1. The van der Waals surface area contributed by atoms with Crippen molar-refractivity contribution in [3.8, 4) is 0 Å². The Labute approximate surface area is 115 Å². The van der Waals surface area contributed by atoms with E-state index in [1.165, 1.54) is 0 Å². The van der Waals surface area contributed by atoms with Gasteiger partial charge in [0.15, 0.2) is 6.34 Å². The summed E-state index contributed by atoms with van der Waals surface area (Å²) in [4.78, 5) is 19.0. The molecule has 1 rings (SSSR count). The summed E-state index contributed by atoms with van der Waals surface area (Å²) in [5.74, 6) is 0. The number of rotatable bonds is 4. The topological polar surface area (TPSA) is 101 Å². The van der Waals surface area contributed by atoms with Gasteiger partial charge in [-0.15, -0.1) is 0 Å². The van der Waals surface area contributed by atoms with Crippen LogP contribution in [0.25, 0.3) is 0 Å². The van der Waals surface area contributed by atoms with Crippen molar-refractivity contribution in [2.24, 2.45) is 10.9 Å². The van der Waals surface area contributed by atoms with Crippen LogP contribution in [0.15, 0.2) is 17.4 Å². The number of nitrogens with two attached hydrogens (primary N) is 1. The van der Waals surface area contributed by atoms with Crippen LogP contribution >= 0.6 is 11.6 Å². The van der Waals surface area contributed by atoms with Gasteiger partial charge in [-0.05, 0) is 6.07 Å². The molecule has 3 N–H and O–H groups in total. The Morgan fingerprint density at radius 2 is 2.30 bits per heavy atom. The average Bonchev–Trinajstić information content (AvgIpc) is 2.34. The van der Waals surface area contributed by atoms with Gasteiger partial charge in [0.2, 0.25) is 0 Å². The molecule has 0 aliphatic heterocycles.